The van der Waals surface area contributed by atoms with E-state index >= 15 is 0 Å². The number of aliphatic carboxylic acids is 2. The Bertz CT molecular complexity index is 969. The maximum Gasteiger partial charge on any atom is 0.326 e. The monoisotopic (exact) mass is 523 g/mol. The van der Waals surface area contributed by atoms with Crippen molar-refractivity contribution < 1.29 is 39.3 Å². The Morgan fingerprint density at radius 1 is 0.865 bits per heavy atom. The van der Waals surface area contributed by atoms with E-state index in [1.807, 2.05) is 0 Å². The van der Waals surface area contributed by atoms with Gasteiger partial charge in [-0.25, -0.2) is 4.79 Å². The third-order valence-corrected chi connectivity index (χ3v) is 5.03. The van der Waals surface area contributed by atoms with Crippen LogP contribution >= 0.6 is 0 Å². The zero-order chi connectivity index (χ0) is 28.0. The van der Waals surface area contributed by atoms with Crippen LogP contribution in [-0.2, 0) is 30.4 Å². The Kier molecular flexibility index (Phi) is 13.1. The van der Waals surface area contributed by atoms with E-state index in [0.29, 0.717) is 12.0 Å². The average Bonchev–Trinajstić information content (AvgIpc) is 2.83. The molecule has 0 spiro atoms. The molecule has 204 valence electrons. The quantitative estimate of drug-likeness (QED) is 0.0585. The molecule has 0 heterocycles. The number of aliphatic hydroxyl groups is 1. The number of carbonyl (C=O) groups is 5. The zero-order valence-corrected chi connectivity index (χ0v) is 20.0. The molecule has 15 heteroatoms. The highest BCUT2D eigenvalue weighted by atomic mass is 16.4. The molecule has 0 saturated heterocycles. The van der Waals surface area contributed by atoms with Crippen molar-refractivity contribution in [2.75, 3.05) is 13.2 Å². The predicted octanol–water partition coefficient (Wildman–Crippen LogP) is -3.38. The largest absolute Gasteiger partial charge is 0.481 e. The lowest BCUT2D eigenvalue weighted by atomic mass is 10.0. The van der Waals surface area contributed by atoms with E-state index in [4.69, 9.17) is 22.3 Å². The molecular weight excluding hydrogens is 490 g/mol. The third kappa shape index (κ3) is 11.8. The first kappa shape index (κ1) is 30.8. The molecule has 0 aliphatic carbocycles. The molecule has 1 rings (SSSR count). The fourth-order valence-corrected chi connectivity index (χ4v) is 3.10. The Hall–Kier alpha value is -4.24. The molecule has 0 aliphatic rings. The van der Waals surface area contributed by atoms with Gasteiger partial charge in [0.25, 0.3) is 0 Å². The summed E-state index contributed by atoms with van der Waals surface area (Å²) in [6.45, 7) is -0.660. The van der Waals surface area contributed by atoms with Crippen molar-refractivity contribution in [3.05, 3.63) is 35.9 Å². The van der Waals surface area contributed by atoms with Crippen LogP contribution < -0.4 is 33.2 Å². The van der Waals surface area contributed by atoms with Gasteiger partial charge in [-0.15, -0.1) is 0 Å². The Balaban J connectivity index is 2.82. The molecule has 0 fully saturated rings. The smallest absolute Gasteiger partial charge is 0.326 e. The van der Waals surface area contributed by atoms with E-state index in [1.54, 1.807) is 30.3 Å². The number of amides is 3. The molecule has 3 amide bonds. The minimum atomic E-state index is -1.69. The van der Waals surface area contributed by atoms with Crippen LogP contribution in [0.25, 0.3) is 0 Å². The van der Waals surface area contributed by atoms with Gasteiger partial charge in [-0.1, -0.05) is 30.3 Å². The summed E-state index contributed by atoms with van der Waals surface area (Å²) < 4.78 is 0. The highest BCUT2D eigenvalue weighted by molar-refractivity contribution is 5.95. The highest BCUT2D eigenvalue weighted by Crippen LogP contribution is 2.05. The maximum absolute atomic E-state index is 12.7. The molecule has 0 saturated carbocycles. The van der Waals surface area contributed by atoms with Gasteiger partial charge >= 0.3 is 11.9 Å². The van der Waals surface area contributed by atoms with Crippen LogP contribution in [0.15, 0.2) is 35.3 Å². The van der Waals surface area contributed by atoms with Gasteiger partial charge in [0.2, 0.25) is 17.7 Å². The van der Waals surface area contributed by atoms with Crippen LogP contribution in [0.1, 0.15) is 24.8 Å². The van der Waals surface area contributed by atoms with Crippen molar-refractivity contribution in [3.8, 4) is 0 Å². The van der Waals surface area contributed by atoms with Gasteiger partial charge in [-0.05, 0) is 18.4 Å². The normalized spacial score (nSPS) is 13.8. The van der Waals surface area contributed by atoms with Gasteiger partial charge in [0.15, 0.2) is 5.96 Å². The number of carbonyl (C=O) groups excluding carboxylic acids is 3. The van der Waals surface area contributed by atoms with Crippen LogP contribution in [0, 0.1) is 0 Å². The van der Waals surface area contributed by atoms with E-state index in [-0.39, 0.29) is 25.3 Å². The van der Waals surface area contributed by atoms with Crippen molar-refractivity contribution in [1.82, 2.24) is 16.0 Å². The summed E-state index contributed by atoms with van der Waals surface area (Å²) in [5.74, 6) is -5.87. The number of nitrogens with zero attached hydrogens (tertiary/aromatic N) is 1. The summed E-state index contributed by atoms with van der Waals surface area (Å²) >= 11 is 0. The van der Waals surface area contributed by atoms with E-state index in [0.717, 1.165) is 0 Å². The summed E-state index contributed by atoms with van der Waals surface area (Å²) in [5.41, 5.74) is 16.8. The highest BCUT2D eigenvalue weighted by Gasteiger charge is 2.31. The first-order chi connectivity index (χ1) is 17.4. The zero-order valence-electron chi connectivity index (χ0n) is 20.0. The molecule has 0 bridgehead atoms. The first-order valence-electron chi connectivity index (χ1n) is 11.3. The van der Waals surface area contributed by atoms with Crippen LogP contribution in [0.5, 0.6) is 0 Å². The van der Waals surface area contributed by atoms with Gasteiger partial charge < -0.3 is 48.5 Å². The predicted molar refractivity (Wildman–Crippen MR) is 131 cm³/mol. The summed E-state index contributed by atoms with van der Waals surface area (Å²) in [7, 11) is 0. The van der Waals surface area contributed by atoms with Crippen molar-refractivity contribution in [3.63, 3.8) is 0 Å². The molecule has 0 aromatic heterocycles. The van der Waals surface area contributed by atoms with Crippen LogP contribution in [0.4, 0.5) is 0 Å². The molecule has 12 N–H and O–H groups in total. The molecule has 37 heavy (non-hydrogen) atoms. The van der Waals surface area contributed by atoms with Crippen LogP contribution in [0.3, 0.4) is 0 Å². The molecule has 1 aromatic carbocycles. The number of carboxylic acids is 2. The average molecular weight is 524 g/mol. The number of nitrogens with two attached hydrogens (primary N) is 3. The third-order valence-electron chi connectivity index (χ3n) is 5.03. The van der Waals surface area contributed by atoms with Crippen molar-refractivity contribution in [2.45, 2.75) is 49.9 Å². The lowest BCUT2D eigenvalue weighted by Gasteiger charge is -2.23. The number of rotatable bonds is 16. The Morgan fingerprint density at radius 2 is 1.43 bits per heavy atom. The number of aliphatic hydroxyl groups excluding tert-OH is 1. The van der Waals surface area contributed by atoms with Crippen LogP contribution in [0.2, 0.25) is 0 Å². The summed E-state index contributed by atoms with van der Waals surface area (Å²) in [4.78, 5) is 64.3. The molecule has 4 unspecified atom stereocenters. The van der Waals surface area contributed by atoms with Gasteiger partial charge in [-0.3, -0.25) is 24.2 Å². The number of hydrogen-bond acceptors (Lipinski definition) is 8. The second-order valence-corrected chi connectivity index (χ2v) is 8.05. The number of carboxylic acid groups (broad SMARTS) is 2. The number of benzene rings is 1. The van der Waals surface area contributed by atoms with Gasteiger partial charge in [-0.2, -0.15) is 0 Å². The van der Waals surface area contributed by atoms with Crippen LogP contribution in [-0.4, -0.2) is 88.3 Å². The minimum Gasteiger partial charge on any atom is -0.481 e. The number of nitrogens with one attached hydrogen (secondary N) is 3. The molecule has 0 radical (unpaired) electrons. The standard InChI is InChI=1S/C22H33N7O8/c23-13(7-4-8-26-22(24)25)18(33)29-16(11-30)20(35)27-14(10-17(31)32)19(34)28-15(21(36)37)9-12-5-2-1-3-6-12/h1-3,5-6,13-16,30H,4,7-11,23H2,(H,27,35)(H,28,34)(H,29,33)(H,31,32)(H,36,37)(H4,24,25,26). The summed E-state index contributed by atoms with van der Waals surface area (Å²) in [6, 6.07) is 2.67. The number of guanidine groups is 1. The summed E-state index contributed by atoms with van der Waals surface area (Å²) in [5, 5.41) is 34.8. The molecular formula is C22H33N7O8. The fraction of sp³-hybridized carbons (Fsp3) is 0.455. The fourth-order valence-electron chi connectivity index (χ4n) is 3.10. The Morgan fingerprint density at radius 3 is 1.97 bits per heavy atom. The topological polar surface area (TPSA) is 273 Å². The Labute approximate surface area is 212 Å². The second kappa shape index (κ2) is 15.7. The van der Waals surface area contributed by atoms with E-state index < -0.39 is 66.9 Å². The lowest BCUT2D eigenvalue weighted by Crippen LogP contribution is -2.58. The summed E-state index contributed by atoms with van der Waals surface area (Å²) in [6.07, 6.45) is -0.459. The van der Waals surface area contributed by atoms with Gasteiger partial charge in [0.05, 0.1) is 19.1 Å². The van der Waals surface area contributed by atoms with Crippen molar-refractivity contribution in [2.24, 2.45) is 22.2 Å². The molecule has 4 atom stereocenters. The molecule has 15 nitrogen and oxygen atoms in total. The van der Waals surface area contributed by atoms with Crippen molar-refractivity contribution >= 4 is 35.6 Å². The number of aliphatic imine (C=N–C) groups is 1. The molecule has 0 aliphatic heterocycles. The minimum absolute atomic E-state index is 0.0912. The van der Waals surface area contributed by atoms with Crippen molar-refractivity contribution in [1.29, 1.82) is 0 Å². The van der Waals surface area contributed by atoms with Gasteiger partial charge in [0, 0.05) is 13.0 Å². The second-order valence-electron chi connectivity index (χ2n) is 8.05. The van der Waals surface area contributed by atoms with E-state index in [9.17, 15) is 34.2 Å². The van der Waals surface area contributed by atoms with Gasteiger partial charge in [0.1, 0.15) is 18.1 Å². The lowest BCUT2D eigenvalue weighted by molar-refractivity contribution is -0.143. The van der Waals surface area contributed by atoms with E-state index in [2.05, 4.69) is 20.9 Å². The molecule has 1 aromatic rings. The SMILES string of the molecule is NC(N)=NCCCC(N)C(=O)NC(CO)C(=O)NC(CC(=O)O)C(=O)NC(Cc1ccccc1)C(=O)O. The van der Waals surface area contributed by atoms with E-state index in [1.165, 1.54) is 0 Å². The maximum atomic E-state index is 12.7. The number of hydrogen-bond donors (Lipinski definition) is 9. The first-order valence-corrected chi connectivity index (χ1v) is 11.3.